The van der Waals surface area contributed by atoms with Gasteiger partial charge in [0, 0.05) is 17.2 Å². The van der Waals surface area contributed by atoms with E-state index in [2.05, 4.69) is 47.0 Å². The van der Waals surface area contributed by atoms with Gasteiger partial charge in [-0.2, -0.15) is 0 Å². The van der Waals surface area contributed by atoms with Gasteiger partial charge in [-0.3, -0.25) is 0 Å². The summed E-state index contributed by atoms with van der Waals surface area (Å²) in [7, 11) is 0. The van der Waals surface area contributed by atoms with E-state index in [0.717, 1.165) is 6.42 Å². The van der Waals surface area contributed by atoms with E-state index in [1.54, 1.807) is 12.3 Å². The van der Waals surface area contributed by atoms with Crippen LogP contribution >= 0.6 is 15.9 Å². The molecule has 0 saturated heterocycles. The van der Waals surface area contributed by atoms with E-state index in [-0.39, 0.29) is 11.0 Å². The lowest BCUT2D eigenvalue weighted by Crippen LogP contribution is -2.15. The summed E-state index contributed by atoms with van der Waals surface area (Å²) in [5.41, 5.74) is 0.402. The maximum absolute atomic E-state index is 11.0. The number of aromatic nitrogens is 1. The van der Waals surface area contributed by atoms with Gasteiger partial charge in [-0.1, -0.05) is 20.8 Å². The first-order chi connectivity index (χ1) is 7.79. The molecule has 0 atom stereocenters. The van der Waals surface area contributed by atoms with Crippen molar-refractivity contribution in [1.29, 1.82) is 0 Å². The minimum atomic E-state index is -0.975. The number of pyridine rings is 1. The van der Waals surface area contributed by atoms with Crippen LogP contribution in [-0.2, 0) is 0 Å². The highest BCUT2D eigenvalue weighted by Gasteiger charge is 2.13. The maximum atomic E-state index is 11.0. The number of carboxylic acid groups (broad SMARTS) is 1. The molecule has 1 aromatic rings. The number of halogens is 1. The van der Waals surface area contributed by atoms with E-state index in [4.69, 9.17) is 5.11 Å². The van der Waals surface area contributed by atoms with Crippen LogP contribution in [0.1, 0.15) is 37.6 Å². The summed E-state index contributed by atoms with van der Waals surface area (Å²) < 4.78 is 0.663. The van der Waals surface area contributed by atoms with Crippen LogP contribution in [0.25, 0.3) is 0 Å². The fourth-order valence-corrected chi connectivity index (χ4v) is 1.63. The molecule has 0 aliphatic carbocycles. The number of rotatable bonds is 4. The molecule has 0 saturated carbocycles. The summed E-state index contributed by atoms with van der Waals surface area (Å²) >= 11 is 3.21. The van der Waals surface area contributed by atoms with Crippen molar-refractivity contribution < 1.29 is 9.90 Å². The molecule has 0 aliphatic rings. The normalized spacial score (nSPS) is 11.3. The number of carbonyl (C=O) groups is 1. The van der Waals surface area contributed by atoms with E-state index in [1.165, 1.54) is 0 Å². The number of aromatic carboxylic acids is 1. The molecular weight excluding hydrogens is 284 g/mol. The monoisotopic (exact) mass is 300 g/mol. The standard InChI is InChI=1S/C12H17BrN2O2/c1-12(2,3)4-5-14-10-9(11(16)17)6-8(13)7-15-10/h6-7H,4-5H2,1-3H3,(H,14,15)(H,16,17). The van der Waals surface area contributed by atoms with Crippen LogP contribution in [0.5, 0.6) is 0 Å². The van der Waals surface area contributed by atoms with E-state index >= 15 is 0 Å². The number of anilines is 1. The third-order valence-electron chi connectivity index (χ3n) is 2.25. The lowest BCUT2D eigenvalue weighted by atomic mass is 9.92. The summed E-state index contributed by atoms with van der Waals surface area (Å²) in [4.78, 5) is 15.1. The number of nitrogens with zero attached hydrogens (tertiary/aromatic N) is 1. The molecule has 0 aromatic carbocycles. The van der Waals surface area contributed by atoms with Gasteiger partial charge in [0.15, 0.2) is 0 Å². The zero-order chi connectivity index (χ0) is 13.1. The van der Waals surface area contributed by atoms with Gasteiger partial charge >= 0.3 is 5.97 Å². The largest absolute Gasteiger partial charge is 0.478 e. The van der Waals surface area contributed by atoms with Crippen molar-refractivity contribution >= 4 is 27.7 Å². The van der Waals surface area contributed by atoms with Crippen molar-refractivity contribution in [1.82, 2.24) is 4.98 Å². The van der Waals surface area contributed by atoms with Crippen LogP contribution in [0.15, 0.2) is 16.7 Å². The first-order valence-corrected chi connectivity index (χ1v) is 6.21. The molecule has 0 aliphatic heterocycles. The van der Waals surface area contributed by atoms with Gasteiger partial charge in [0.2, 0.25) is 0 Å². The van der Waals surface area contributed by atoms with E-state index < -0.39 is 5.97 Å². The Kier molecular flexibility index (Phi) is 4.51. The van der Waals surface area contributed by atoms with E-state index in [0.29, 0.717) is 16.8 Å². The molecule has 0 radical (unpaired) electrons. The third kappa shape index (κ3) is 4.73. The number of carboxylic acids is 1. The molecule has 0 unspecified atom stereocenters. The summed E-state index contributed by atoms with van der Waals surface area (Å²) in [5.74, 6) is -0.554. The highest BCUT2D eigenvalue weighted by Crippen LogP contribution is 2.21. The molecule has 1 rings (SSSR count). The van der Waals surface area contributed by atoms with Crippen molar-refractivity contribution in [3.8, 4) is 0 Å². The molecular formula is C12H17BrN2O2. The Balaban J connectivity index is 2.74. The van der Waals surface area contributed by atoms with Crippen LogP contribution in [0.4, 0.5) is 5.82 Å². The first kappa shape index (κ1) is 14.0. The average Bonchev–Trinajstić information content (AvgIpc) is 2.18. The molecule has 0 amide bonds. The first-order valence-electron chi connectivity index (χ1n) is 5.42. The Morgan fingerprint density at radius 2 is 2.18 bits per heavy atom. The Morgan fingerprint density at radius 3 is 2.71 bits per heavy atom. The van der Waals surface area contributed by atoms with Crippen molar-refractivity contribution in [3.05, 3.63) is 22.3 Å². The van der Waals surface area contributed by atoms with Gasteiger partial charge in [-0.05, 0) is 33.8 Å². The van der Waals surface area contributed by atoms with Gasteiger partial charge in [-0.25, -0.2) is 9.78 Å². The van der Waals surface area contributed by atoms with Crippen LogP contribution in [0.3, 0.4) is 0 Å². The van der Waals surface area contributed by atoms with Gasteiger partial charge in [0.25, 0.3) is 0 Å². The SMILES string of the molecule is CC(C)(C)CCNc1ncc(Br)cc1C(=O)O. The minimum Gasteiger partial charge on any atom is -0.478 e. The Labute approximate surface area is 110 Å². The lowest BCUT2D eigenvalue weighted by molar-refractivity contribution is 0.0697. The zero-order valence-electron chi connectivity index (χ0n) is 10.2. The van der Waals surface area contributed by atoms with Gasteiger partial charge in [0.1, 0.15) is 11.4 Å². The second-order valence-electron chi connectivity index (χ2n) is 5.09. The Bertz CT molecular complexity index is 413. The fourth-order valence-electron chi connectivity index (χ4n) is 1.30. The fraction of sp³-hybridized carbons (Fsp3) is 0.500. The van der Waals surface area contributed by atoms with Crippen molar-refractivity contribution in [2.45, 2.75) is 27.2 Å². The van der Waals surface area contributed by atoms with Gasteiger partial charge in [-0.15, -0.1) is 0 Å². The Morgan fingerprint density at radius 1 is 1.53 bits per heavy atom. The predicted molar refractivity (Wildman–Crippen MR) is 71.5 cm³/mol. The van der Waals surface area contributed by atoms with Crippen molar-refractivity contribution in [3.63, 3.8) is 0 Å². The molecule has 94 valence electrons. The molecule has 0 bridgehead atoms. The summed E-state index contributed by atoms with van der Waals surface area (Å²) in [5, 5.41) is 12.1. The van der Waals surface area contributed by atoms with E-state index in [1.807, 2.05) is 0 Å². The van der Waals surface area contributed by atoms with Crippen LogP contribution < -0.4 is 5.32 Å². The van der Waals surface area contributed by atoms with Gasteiger partial charge < -0.3 is 10.4 Å². The van der Waals surface area contributed by atoms with Gasteiger partial charge in [0.05, 0.1) is 0 Å². The van der Waals surface area contributed by atoms with Crippen molar-refractivity contribution in [2.75, 3.05) is 11.9 Å². The van der Waals surface area contributed by atoms with E-state index in [9.17, 15) is 4.79 Å². The zero-order valence-corrected chi connectivity index (χ0v) is 11.8. The highest BCUT2D eigenvalue weighted by molar-refractivity contribution is 9.10. The predicted octanol–water partition coefficient (Wildman–Crippen LogP) is 3.39. The number of nitrogens with one attached hydrogen (secondary N) is 1. The topological polar surface area (TPSA) is 62.2 Å². The summed E-state index contributed by atoms with van der Waals surface area (Å²) in [6, 6.07) is 1.55. The smallest absolute Gasteiger partial charge is 0.339 e. The average molecular weight is 301 g/mol. The second-order valence-corrected chi connectivity index (χ2v) is 6.01. The quantitative estimate of drug-likeness (QED) is 0.895. The molecule has 0 spiro atoms. The molecule has 1 heterocycles. The van der Waals surface area contributed by atoms with Crippen molar-refractivity contribution in [2.24, 2.45) is 5.41 Å². The summed E-state index contributed by atoms with van der Waals surface area (Å²) in [6.07, 6.45) is 2.54. The maximum Gasteiger partial charge on any atom is 0.339 e. The molecule has 4 nitrogen and oxygen atoms in total. The lowest BCUT2D eigenvalue weighted by Gasteiger charge is -2.18. The molecule has 2 N–H and O–H groups in total. The Hall–Kier alpha value is -1.10. The number of hydrogen-bond acceptors (Lipinski definition) is 3. The second kappa shape index (κ2) is 5.49. The molecule has 5 heteroatoms. The minimum absolute atomic E-state index is 0.188. The summed E-state index contributed by atoms with van der Waals surface area (Å²) in [6.45, 7) is 7.13. The van der Waals surface area contributed by atoms with Crippen LogP contribution in [0.2, 0.25) is 0 Å². The highest BCUT2D eigenvalue weighted by atomic mass is 79.9. The third-order valence-corrected chi connectivity index (χ3v) is 2.69. The number of hydrogen-bond donors (Lipinski definition) is 2. The molecule has 1 aromatic heterocycles. The van der Waals surface area contributed by atoms with Crippen LogP contribution in [0, 0.1) is 5.41 Å². The van der Waals surface area contributed by atoms with Crippen LogP contribution in [-0.4, -0.2) is 22.6 Å². The molecule has 0 fully saturated rings. The molecule has 17 heavy (non-hydrogen) atoms.